The van der Waals surface area contributed by atoms with Crippen molar-refractivity contribution in [3.8, 4) is 62.1 Å². The van der Waals surface area contributed by atoms with E-state index in [4.69, 9.17) is 26.2 Å². The Kier molecular flexibility index (Phi) is 7.34. The summed E-state index contributed by atoms with van der Waals surface area (Å²) in [6, 6.07) is 60.9. The Morgan fingerprint density at radius 1 is 0.394 bits per heavy atom. The highest BCUT2D eigenvalue weighted by Gasteiger charge is 2.21. The fourth-order valence-corrected chi connectivity index (χ4v) is 11.7. The van der Waals surface area contributed by atoms with Gasteiger partial charge in [0, 0.05) is 64.0 Å². The zero-order valence-electron chi connectivity index (χ0n) is 44.5. The summed E-state index contributed by atoms with van der Waals surface area (Å²) in [5.74, 6) is 1.08. The predicted molar refractivity (Wildman–Crippen MR) is 297 cm³/mol. The van der Waals surface area contributed by atoms with Gasteiger partial charge in [-0.25, -0.2) is 15.0 Å². The number of benzene rings is 11. The van der Waals surface area contributed by atoms with E-state index < -0.39 is 12.1 Å². The van der Waals surface area contributed by atoms with Crippen molar-refractivity contribution in [2.24, 2.45) is 0 Å². The minimum Gasteiger partial charge on any atom is -0.455 e. The van der Waals surface area contributed by atoms with Crippen molar-refractivity contribution in [1.82, 2.24) is 19.5 Å². The van der Waals surface area contributed by atoms with Gasteiger partial charge in [0.25, 0.3) is 0 Å². The molecule has 6 heteroatoms. The van der Waals surface area contributed by atoms with E-state index in [0.717, 1.165) is 92.3 Å². The minimum atomic E-state index is -0.468. The van der Waals surface area contributed by atoms with Gasteiger partial charge in [-0.2, -0.15) is 0 Å². The first kappa shape index (κ1) is 33.3. The molecule has 0 aliphatic rings. The van der Waals surface area contributed by atoms with Crippen LogP contribution < -0.4 is 0 Å². The molecule has 330 valence electrons. The van der Waals surface area contributed by atoms with E-state index in [1.807, 2.05) is 66.7 Å². The molecule has 71 heavy (non-hydrogen) atoms. The first-order valence-electron chi connectivity index (χ1n) is 26.8. The Morgan fingerprint density at radius 3 is 1.97 bits per heavy atom. The van der Waals surface area contributed by atoms with Gasteiger partial charge in [0.05, 0.1) is 26.3 Å². The standard InChI is InChI=1S/C65H38N4OS/c1-2-17-45-39(14-1)30-31-41-37-44(32-34-46(41)45)64-66-63(67-65(68-64)54-21-5-9-28-58(54)69-56-26-7-3-18-49(56)50-19-4-8-27-57(50)69)43-16-11-15-40(36-43)48-23-13-25-53-55-38-42(33-35-60(55)71-62(48)53)47-22-12-24-52-51-20-6-10-29-59(51)70-61(47)52/h1-38H/i3D,4D,7D,18D,19D,26D,27D. The summed E-state index contributed by atoms with van der Waals surface area (Å²) in [4.78, 5) is 15.7. The van der Waals surface area contributed by atoms with Crippen molar-refractivity contribution >= 4 is 96.8 Å². The van der Waals surface area contributed by atoms with Crippen LogP contribution in [0.1, 0.15) is 9.60 Å². The molecule has 0 amide bonds. The Balaban J connectivity index is 0.918. The predicted octanol–water partition coefficient (Wildman–Crippen LogP) is 17.9. The normalized spacial score (nSPS) is 13.3. The number of hydrogen-bond donors (Lipinski definition) is 0. The molecular weight excluding hydrogens is 885 g/mol. The minimum absolute atomic E-state index is 0.0605. The molecular formula is C65H38N4OS. The summed E-state index contributed by atoms with van der Waals surface area (Å²) >= 11 is 1.75. The molecule has 5 nitrogen and oxygen atoms in total. The highest BCUT2D eigenvalue weighted by molar-refractivity contribution is 7.26. The molecule has 0 fully saturated rings. The number of thiophene rings is 1. The van der Waals surface area contributed by atoms with E-state index in [2.05, 4.69) is 109 Å². The van der Waals surface area contributed by atoms with Crippen LogP contribution in [0, 0.1) is 0 Å². The van der Waals surface area contributed by atoms with Crippen LogP contribution in [-0.2, 0) is 0 Å². The first-order chi connectivity index (χ1) is 38.1. The molecule has 0 atom stereocenters. The van der Waals surface area contributed by atoms with Crippen molar-refractivity contribution < 1.29 is 14.0 Å². The number of fused-ring (bicyclic) bond motifs is 12. The number of nitrogens with zero attached hydrogens (tertiary/aromatic N) is 4. The summed E-state index contributed by atoms with van der Waals surface area (Å²) < 4.78 is 73.0. The van der Waals surface area contributed by atoms with Gasteiger partial charge >= 0.3 is 0 Å². The number of hydrogen-bond acceptors (Lipinski definition) is 5. The zero-order valence-corrected chi connectivity index (χ0v) is 38.3. The van der Waals surface area contributed by atoms with Crippen LogP contribution in [-0.4, -0.2) is 19.5 Å². The van der Waals surface area contributed by atoms with Crippen molar-refractivity contribution in [3.63, 3.8) is 0 Å². The van der Waals surface area contributed by atoms with Crippen LogP contribution in [0.2, 0.25) is 0 Å². The third-order valence-electron chi connectivity index (χ3n) is 13.7. The van der Waals surface area contributed by atoms with Gasteiger partial charge in [0.15, 0.2) is 17.5 Å². The molecule has 0 spiro atoms. The van der Waals surface area contributed by atoms with Crippen LogP contribution in [0.5, 0.6) is 0 Å². The largest absolute Gasteiger partial charge is 0.455 e. The first-order valence-corrected chi connectivity index (χ1v) is 24.2. The maximum absolute atomic E-state index is 9.26. The Morgan fingerprint density at radius 2 is 1.04 bits per heavy atom. The van der Waals surface area contributed by atoms with Gasteiger partial charge in [-0.05, 0) is 92.8 Å². The van der Waals surface area contributed by atoms with Crippen LogP contribution >= 0.6 is 11.3 Å². The van der Waals surface area contributed by atoms with E-state index >= 15 is 0 Å². The second-order valence-electron chi connectivity index (χ2n) is 17.7. The number of furan rings is 1. The third-order valence-corrected chi connectivity index (χ3v) is 15.0. The average molecular weight is 930 g/mol. The van der Waals surface area contributed by atoms with E-state index in [-0.39, 0.29) is 57.8 Å². The Labute approximate surface area is 421 Å². The van der Waals surface area contributed by atoms with Gasteiger partial charge in [0.2, 0.25) is 0 Å². The van der Waals surface area contributed by atoms with Crippen LogP contribution in [0.3, 0.4) is 0 Å². The lowest BCUT2D eigenvalue weighted by Gasteiger charge is -2.15. The number of para-hydroxylation sites is 5. The molecule has 0 aliphatic carbocycles. The molecule has 4 aromatic heterocycles. The molecule has 0 saturated carbocycles. The lowest BCUT2D eigenvalue weighted by atomic mass is 9.98. The van der Waals surface area contributed by atoms with Gasteiger partial charge in [-0.15, -0.1) is 11.3 Å². The maximum atomic E-state index is 9.26. The zero-order chi connectivity index (χ0) is 52.7. The number of rotatable bonds is 6. The fourth-order valence-electron chi connectivity index (χ4n) is 10.5. The van der Waals surface area contributed by atoms with Crippen molar-refractivity contribution in [2.75, 3.05) is 0 Å². The molecule has 11 aromatic carbocycles. The highest BCUT2D eigenvalue weighted by Crippen LogP contribution is 2.44. The molecule has 0 saturated heterocycles. The highest BCUT2D eigenvalue weighted by atomic mass is 32.1. The van der Waals surface area contributed by atoms with Crippen LogP contribution in [0.15, 0.2) is 235 Å². The van der Waals surface area contributed by atoms with Crippen LogP contribution in [0.25, 0.3) is 148 Å². The second kappa shape index (κ2) is 15.7. The van der Waals surface area contributed by atoms with Crippen molar-refractivity contribution in [3.05, 3.63) is 230 Å². The number of aromatic nitrogens is 4. The monoisotopic (exact) mass is 929 g/mol. The summed E-state index contributed by atoms with van der Waals surface area (Å²) in [5, 5.41) is 9.00. The molecule has 0 unspecified atom stereocenters. The lowest BCUT2D eigenvalue weighted by molar-refractivity contribution is 0.670. The van der Waals surface area contributed by atoms with Gasteiger partial charge in [-0.1, -0.05) is 176 Å². The van der Waals surface area contributed by atoms with Gasteiger partial charge in [-0.3, -0.25) is 0 Å². The molecule has 0 radical (unpaired) electrons. The smallest absolute Gasteiger partial charge is 0.166 e. The SMILES string of the molecule is [2H]c1cc([2H])c2c(c1[2H])c1c([2H])c([2H])c([2H])c([2H])c1n2-c1ccccc1-c1nc(-c2cccc(-c3cccc4c3sc3ccc(-c5cccc6c5oc5ccccc56)cc34)c2)nc(-c2ccc3c(ccc4ccccc43)c2)n1. The van der Waals surface area contributed by atoms with Crippen molar-refractivity contribution in [1.29, 1.82) is 0 Å². The maximum Gasteiger partial charge on any atom is 0.166 e. The fraction of sp³-hybridized carbons (Fsp3) is 0. The molecule has 4 heterocycles. The quantitative estimate of drug-likeness (QED) is 0.156. The van der Waals surface area contributed by atoms with E-state index in [1.165, 1.54) is 10.8 Å². The van der Waals surface area contributed by atoms with Crippen molar-refractivity contribution in [2.45, 2.75) is 0 Å². The van der Waals surface area contributed by atoms with E-state index in [1.54, 1.807) is 22.0 Å². The molecule has 0 aliphatic heterocycles. The van der Waals surface area contributed by atoms with Crippen LogP contribution in [0.4, 0.5) is 0 Å². The summed E-state index contributed by atoms with van der Waals surface area (Å²) in [6.45, 7) is 0. The van der Waals surface area contributed by atoms with Gasteiger partial charge in [0.1, 0.15) is 11.2 Å². The summed E-state index contributed by atoms with van der Waals surface area (Å²) in [7, 11) is 0. The topological polar surface area (TPSA) is 56.7 Å². The summed E-state index contributed by atoms with van der Waals surface area (Å²) in [6.07, 6.45) is 0. The third kappa shape index (κ3) is 6.28. The molecule has 0 bridgehead atoms. The Bertz CT molecular complexity index is 5100. The Hall–Kier alpha value is -9.23. The van der Waals surface area contributed by atoms with Gasteiger partial charge < -0.3 is 8.98 Å². The van der Waals surface area contributed by atoms with E-state index in [0.29, 0.717) is 22.9 Å². The molecule has 0 N–H and O–H groups in total. The second-order valence-corrected chi connectivity index (χ2v) is 18.8. The molecule has 15 rings (SSSR count). The average Bonchev–Trinajstić information content (AvgIpc) is 4.19. The lowest BCUT2D eigenvalue weighted by Crippen LogP contribution is -2.03. The van der Waals surface area contributed by atoms with E-state index in [9.17, 15) is 2.74 Å². The molecule has 15 aromatic rings. The summed E-state index contributed by atoms with van der Waals surface area (Å²) in [5.41, 5.74) is 8.53.